The monoisotopic (exact) mass is 239 g/mol. The number of hydrogen-bond donors (Lipinski definition) is 1. The highest BCUT2D eigenvalue weighted by molar-refractivity contribution is 6.33. The second-order valence-electron chi connectivity index (χ2n) is 3.03. The Morgan fingerprint density at radius 3 is 2.75 bits per heavy atom. The van der Waals surface area contributed by atoms with Crippen molar-refractivity contribution in [2.75, 3.05) is 5.32 Å². The van der Waals surface area contributed by atoms with Crippen LogP contribution < -0.4 is 5.32 Å². The van der Waals surface area contributed by atoms with E-state index < -0.39 is 11.7 Å². The molecule has 16 heavy (non-hydrogen) atoms. The number of carbonyl (C=O) groups is 1. The van der Waals surface area contributed by atoms with Crippen molar-refractivity contribution < 1.29 is 13.6 Å². The summed E-state index contributed by atoms with van der Waals surface area (Å²) in [5, 5.41) is 2.48. The summed E-state index contributed by atoms with van der Waals surface area (Å²) in [6.07, 6.45) is 1.36. The van der Waals surface area contributed by atoms with Gasteiger partial charge in [-0.15, -0.1) is 0 Å². The van der Waals surface area contributed by atoms with Gasteiger partial charge in [0.1, 0.15) is 5.82 Å². The van der Waals surface area contributed by atoms with Crippen molar-refractivity contribution in [1.82, 2.24) is 0 Å². The molecule has 2 aromatic rings. The average molecular weight is 240 g/mol. The average Bonchev–Trinajstić information content (AvgIpc) is 2.76. The summed E-state index contributed by atoms with van der Waals surface area (Å²) in [4.78, 5) is 11.5. The molecule has 0 unspecified atom stereocenters. The Bertz CT molecular complexity index is 490. The zero-order chi connectivity index (χ0) is 11.5. The van der Waals surface area contributed by atoms with Crippen molar-refractivity contribution in [3.05, 3.63) is 53.2 Å². The summed E-state index contributed by atoms with van der Waals surface area (Å²) >= 11 is 5.75. The van der Waals surface area contributed by atoms with Crippen LogP contribution in [0.25, 0.3) is 0 Å². The predicted octanol–water partition coefficient (Wildman–Crippen LogP) is 3.32. The van der Waals surface area contributed by atoms with Gasteiger partial charge in [0.15, 0.2) is 5.76 Å². The van der Waals surface area contributed by atoms with Gasteiger partial charge in [0.05, 0.1) is 17.0 Å². The minimum Gasteiger partial charge on any atom is -0.459 e. The van der Waals surface area contributed by atoms with E-state index in [0.29, 0.717) is 0 Å². The number of amides is 1. The topological polar surface area (TPSA) is 42.2 Å². The van der Waals surface area contributed by atoms with Gasteiger partial charge < -0.3 is 9.73 Å². The Labute approximate surface area is 95.8 Å². The summed E-state index contributed by atoms with van der Waals surface area (Å²) in [7, 11) is 0. The summed E-state index contributed by atoms with van der Waals surface area (Å²) in [6, 6.07) is 7.20. The first kappa shape index (κ1) is 10.7. The molecule has 1 N–H and O–H groups in total. The van der Waals surface area contributed by atoms with E-state index in [1.54, 1.807) is 6.07 Å². The molecule has 0 aliphatic rings. The molecule has 0 fully saturated rings. The Hall–Kier alpha value is -1.81. The number of nitrogens with one attached hydrogen (secondary N) is 1. The van der Waals surface area contributed by atoms with Gasteiger partial charge in [-0.3, -0.25) is 4.79 Å². The van der Waals surface area contributed by atoms with E-state index in [-0.39, 0.29) is 16.5 Å². The van der Waals surface area contributed by atoms with E-state index in [2.05, 4.69) is 5.32 Å². The molecular weight excluding hydrogens is 233 g/mol. The fraction of sp³-hybridized carbons (Fsp3) is 0. The van der Waals surface area contributed by atoms with E-state index in [0.717, 1.165) is 0 Å². The van der Waals surface area contributed by atoms with E-state index in [1.807, 2.05) is 0 Å². The fourth-order valence-corrected chi connectivity index (χ4v) is 1.41. The van der Waals surface area contributed by atoms with Crippen LogP contribution >= 0.6 is 11.6 Å². The third-order valence-electron chi connectivity index (χ3n) is 1.95. The van der Waals surface area contributed by atoms with E-state index in [9.17, 15) is 9.18 Å². The number of halogens is 2. The van der Waals surface area contributed by atoms with Crippen LogP contribution in [0.2, 0.25) is 5.02 Å². The number of furan rings is 1. The van der Waals surface area contributed by atoms with Gasteiger partial charge in [0.25, 0.3) is 5.91 Å². The number of benzene rings is 1. The molecule has 3 nitrogen and oxygen atoms in total. The van der Waals surface area contributed by atoms with Crippen molar-refractivity contribution in [2.45, 2.75) is 0 Å². The molecule has 1 amide bonds. The van der Waals surface area contributed by atoms with Crippen molar-refractivity contribution >= 4 is 23.2 Å². The molecule has 0 atom stereocenters. The third-order valence-corrected chi connectivity index (χ3v) is 2.26. The van der Waals surface area contributed by atoms with Crippen LogP contribution in [0.4, 0.5) is 10.1 Å². The lowest BCUT2D eigenvalue weighted by atomic mass is 10.3. The van der Waals surface area contributed by atoms with E-state index >= 15 is 0 Å². The quantitative estimate of drug-likeness (QED) is 0.874. The maximum atomic E-state index is 13.3. The second-order valence-corrected chi connectivity index (χ2v) is 3.44. The zero-order valence-corrected chi connectivity index (χ0v) is 8.79. The molecule has 0 radical (unpaired) electrons. The van der Waals surface area contributed by atoms with Crippen molar-refractivity contribution in [3.8, 4) is 0 Å². The number of hydrogen-bond acceptors (Lipinski definition) is 2. The largest absolute Gasteiger partial charge is 0.459 e. The molecule has 0 saturated heterocycles. The lowest BCUT2D eigenvalue weighted by molar-refractivity contribution is 0.0996. The molecule has 1 aromatic carbocycles. The fourth-order valence-electron chi connectivity index (χ4n) is 1.20. The zero-order valence-electron chi connectivity index (χ0n) is 8.04. The molecule has 0 saturated carbocycles. The molecule has 0 aliphatic heterocycles. The SMILES string of the molecule is O=C(Nc1c(F)cccc1Cl)c1ccco1. The lowest BCUT2D eigenvalue weighted by Gasteiger charge is -2.06. The van der Waals surface area contributed by atoms with Crippen LogP contribution in [0, 0.1) is 5.82 Å². The van der Waals surface area contributed by atoms with Crippen LogP contribution in [-0.4, -0.2) is 5.91 Å². The first-order chi connectivity index (χ1) is 7.68. The van der Waals surface area contributed by atoms with E-state index in [4.69, 9.17) is 16.0 Å². The molecule has 1 aromatic heterocycles. The Morgan fingerprint density at radius 1 is 1.31 bits per heavy atom. The lowest BCUT2D eigenvalue weighted by Crippen LogP contribution is -2.12. The first-order valence-corrected chi connectivity index (χ1v) is 4.85. The highest BCUT2D eigenvalue weighted by Gasteiger charge is 2.13. The second kappa shape index (κ2) is 4.37. The molecule has 0 bridgehead atoms. The molecule has 5 heteroatoms. The molecule has 0 spiro atoms. The standard InChI is InChI=1S/C11H7ClFNO2/c12-7-3-1-4-8(13)10(7)14-11(15)9-5-2-6-16-9/h1-6H,(H,14,15). The predicted molar refractivity (Wildman–Crippen MR) is 58.1 cm³/mol. The summed E-state index contributed by atoms with van der Waals surface area (Å²) in [5.41, 5.74) is -0.0504. The Kier molecular flexibility index (Phi) is 2.92. The normalized spacial score (nSPS) is 10.1. The van der Waals surface area contributed by atoms with Crippen LogP contribution in [0.15, 0.2) is 41.0 Å². The van der Waals surface area contributed by atoms with Crippen molar-refractivity contribution in [2.24, 2.45) is 0 Å². The number of para-hydroxylation sites is 1. The highest BCUT2D eigenvalue weighted by atomic mass is 35.5. The van der Waals surface area contributed by atoms with E-state index in [1.165, 1.54) is 30.5 Å². The van der Waals surface area contributed by atoms with Crippen molar-refractivity contribution in [3.63, 3.8) is 0 Å². The van der Waals surface area contributed by atoms with Gasteiger partial charge in [0, 0.05) is 0 Å². The van der Waals surface area contributed by atoms with Crippen LogP contribution in [0.1, 0.15) is 10.6 Å². The number of anilines is 1. The Balaban J connectivity index is 2.25. The number of rotatable bonds is 2. The Morgan fingerprint density at radius 2 is 2.12 bits per heavy atom. The number of carbonyl (C=O) groups excluding carboxylic acids is 1. The molecule has 0 aliphatic carbocycles. The smallest absolute Gasteiger partial charge is 0.291 e. The van der Waals surface area contributed by atoms with Crippen LogP contribution in [-0.2, 0) is 0 Å². The van der Waals surface area contributed by atoms with Gasteiger partial charge in [-0.2, -0.15) is 0 Å². The van der Waals surface area contributed by atoms with Crippen LogP contribution in [0.5, 0.6) is 0 Å². The van der Waals surface area contributed by atoms with Crippen molar-refractivity contribution in [1.29, 1.82) is 0 Å². The summed E-state index contributed by atoms with van der Waals surface area (Å²) in [6.45, 7) is 0. The molecular formula is C11H7ClFNO2. The molecule has 1 heterocycles. The highest BCUT2D eigenvalue weighted by Crippen LogP contribution is 2.25. The van der Waals surface area contributed by atoms with Gasteiger partial charge >= 0.3 is 0 Å². The minimum absolute atomic E-state index is 0.0504. The summed E-state index contributed by atoms with van der Waals surface area (Å²) < 4.78 is 18.2. The third kappa shape index (κ3) is 2.06. The van der Waals surface area contributed by atoms with Gasteiger partial charge in [-0.1, -0.05) is 17.7 Å². The maximum Gasteiger partial charge on any atom is 0.291 e. The molecule has 2 rings (SSSR count). The van der Waals surface area contributed by atoms with Gasteiger partial charge in [-0.05, 0) is 24.3 Å². The van der Waals surface area contributed by atoms with Gasteiger partial charge in [0.2, 0.25) is 0 Å². The van der Waals surface area contributed by atoms with Crippen LogP contribution in [0.3, 0.4) is 0 Å². The maximum absolute atomic E-state index is 13.3. The summed E-state index contributed by atoms with van der Waals surface area (Å²) in [5.74, 6) is -1.04. The molecule has 82 valence electrons. The minimum atomic E-state index is -0.590. The first-order valence-electron chi connectivity index (χ1n) is 4.47. The van der Waals surface area contributed by atoms with Gasteiger partial charge in [-0.25, -0.2) is 4.39 Å².